The summed E-state index contributed by atoms with van der Waals surface area (Å²) in [6.45, 7) is 14.5. The number of ketones is 2. The van der Waals surface area contributed by atoms with Gasteiger partial charge in [-0.3, -0.25) is 19.4 Å². The van der Waals surface area contributed by atoms with Gasteiger partial charge in [-0.25, -0.2) is 4.79 Å². The second-order valence-electron chi connectivity index (χ2n) is 25.8. The Labute approximate surface area is 548 Å². The van der Waals surface area contributed by atoms with Gasteiger partial charge in [-0.1, -0.05) is 56.5 Å². The molecule has 17 heteroatoms. The number of hydrogen-bond acceptors (Lipinski definition) is 12. The predicted molar refractivity (Wildman–Crippen MR) is 281 cm³/mol. The van der Waals surface area contributed by atoms with Gasteiger partial charge in [0, 0.05) is 30.8 Å². The molecule has 9 fully saturated rings. The fraction of sp³-hybridized carbons (Fsp3) is 0.814. The number of fused-ring (bicyclic) bond motifs is 10. The molecule has 3 heterocycles. The molecule has 2 aromatic heterocycles. The number of halogens is 1. The molecule has 410 valence electrons. The first-order valence-electron chi connectivity index (χ1n) is 28.7. The van der Waals surface area contributed by atoms with Gasteiger partial charge in [0.15, 0.2) is 11.9 Å². The van der Waals surface area contributed by atoms with E-state index >= 15 is 0 Å². The number of nitriles is 2. The Morgan fingerprint density at radius 2 is 1.28 bits per heavy atom. The summed E-state index contributed by atoms with van der Waals surface area (Å²) in [4.78, 5) is 39.8. The Kier molecular flexibility index (Phi) is 23.9. The molecule has 3 N–H and O–H groups in total. The number of carbonyl (C=O) groups is 3. The first kappa shape index (κ1) is 65.0. The molecule has 0 aromatic carbocycles. The quantitative estimate of drug-likeness (QED) is 0.148. The van der Waals surface area contributed by atoms with E-state index in [0.29, 0.717) is 65.3 Å². The Morgan fingerprint density at radius 1 is 0.763 bits per heavy atom. The van der Waals surface area contributed by atoms with E-state index in [1.807, 2.05) is 19.9 Å². The number of alkyl halides is 1. The number of hydrogen-bond donors (Lipinski definition) is 3. The van der Waals surface area contributed by atoms with Crippen LogP contribution in [0.3, 0.4) is 0 Å². The molecule has 11 rings (SSSR count). The first-order valence-corrected chi connectivity index (χ1v) is 29.8. The number of ether oxygens (including phenoxy) is 1. The van der Waals surface area contributed by atoms with Crippen LogP contribution in [0.2, 0.25) is 0 Å². The van der Waals surface area contributed by atoms with Crippen molar-refractivity contribution in [2.75, 3.05) is 11.9 Å². The van der Waals surface area contributed by atoms with E-state index in [4.69, 9.17) is 15.3 Å². The maximum absolute atomic E-state index is 13.5. The number of aliphatic hydroxyl groups is 2. The van der Waals surface area contributed by atoms with Crippen molar-refractivity contribution in [3.05, 3.63) is 35.9 Å². The average Bonchev–Trinajstić information content (AvgIpc) is 4.26. The zero-order valence-corrected chi connectivity index (χ0v) is 55.0. The smallest absolute Gasteiger partial charge is 1.00 e. The number of carbonyl (C=O) groups excluding carboxylic acids is 3. The Morgan fingerprint density at radius 3 is 1.68 bits per heavy atom. The van der Waals surface area contributed by atoms with Gasteiger partial charge in [0.05, 0.1) is 46.6 Å². The monoisotopic (exact) mass is 1160 g/mol. The van der Waals surface area contributed by atoms with Crippen LogP contribution in [0, 0.1) is 116 Å². The molecule has 0 amide bonds. The average molecular weight is 1170 g/mol. The van der Waals surface area contributed by atoms with E-state index < -0.39 is 23.3 Å². The number of aromatic amines is 1. The molecule has 2 aromatic rings. The van der Waals surface area contributed by atoms with Crippen molar-refractivity contribution in [2.45, 2.75) is 194 Å². The van der Waals surface area contributed by atoms with Crippen LogP contribution in [0.25, 0.3) is 0 Å². The van der Waals surface area contributed by atoms with Crippen LogP contribution in [0.15, 0.2) is 24.8 Å². The molecule has 1 saturated heterocycles. The zero-order chi connectivity index (χ0) is 53.2. The van der Waals surface area contributed by atoms with Crippen molar-refractivity contribution in [1.29, 1.82) is 10.5 Å². The molecule has 8 saturated carbocycles. The van der Waals surface area contributed by atoms with Crippen molar-refractivity contribution in [3.8, 4) is 12.1 Å². The summed E-state index contributed by atoms with van der Waals surface area (Å²) in [5, 5.41) is 58.7. The van der Waals surface area contributed by atoms with Crippen molar-refractivity contribution >= 4 is 33.5 Å². The molecule has 76 heavy (non-hydrogen) atoms. The van der Waals surface area contributed by atoms with Gasteiger partial charge < -0.3 is 26.5 Å². The first-order chi connectivity index (χ1) is 35.3. The SMILES string of the molecule is CC[C@@H]1C[C@H](C(=O)CBr)[C@@]2(C)CC[C@H]3[C@@H](CC[C@@H]4C[C@](C)(O)CC[C@@H]43)[C@H]12.CC[C@@H]1C[C@H](C(=O)Cn2cc(C#N)cn2)[C@@]2(C)CC[C@H]3[C@@H](CC[C@@H]4C[C@](C)(O)CC[C@@H]43)[C@H]12.N#Cc1cn[nH]c1.O=C(O[O-])C1CCCO1.[H-].[K+].[K+]. The number of rotatable bonds is 8. The summed E-state index contributed by atoms with van der Waals surface area (Å²) in [7, 11) is 0. The van der Waals surface area contributed by atoms with E-state index in [9.17, 15) is 29.9 Å². The Bertz CT molecular complexity index is 2340. The summed E-state index contributed by atoms with van der Waals surface area (Å²) in [5.41, 5.74) is 0.524. The molecule has 9 aliphatic rings. The largest absolute Gasteiger partial charge is 1.00 e. The fourth-order valence-electron chi connectivity index (χ4n) is 18.6. The van der Waals surface area contributed by atoms with Gasteiger partial charge in [0.25, 0.3) is 0 Å². The van der Waals surface area contributed by atoms with Crippen molar-refractivity contribution in [2.24, 2.45) is 93.7 Å². The number of Topliss-reactive ketones (excluding diaryl/α,β-unsaturated/α-hetero) is 2. The number of nitrogens with zero attached hydrogens (tertiary/aromatic N) is 5. The van der Waals surface area contributed by atoms with Crippen LogP contribution in [0.4, 0.5) is 0 Å². The van der Waals surface area contributed by atoms with Gasteiger partial charge in [-0.05, 0) is 211 Å². The summed E-state index contributed by atoms with van der Waals surface area (Å²) >= 11 is 3.46. The van der Waals surface area contributed by atoms with E-state index in [0.717, 1.165) is 111 Å². The summed E-state index contributed by atoms with van der Waals surface area (Å²) in [6, 6.07) is 4.02. The maximum atomic E-state index is 13.5. The third-order valence-electron chi connectivity index (χ3n) is 21.7. The van der Waals surface area contributed by atoms with Crippen LogP contribution in [0.5, 0.6) is 0 Å². The van der Waals surface area contributed by atoms with Gasteiger partial charge in [-0.15, -0.1) is 0 Å². The van der Waals surface area contributed by atoms with Crippen LogP contribution < -0.4 is 108 Å². The third-order valence-corrected chi connectivity index (χ3v) is 22.2. The Hall–Kier alpha value is -0.197. The van der Waals surface area contributed by atoms with Crippen LogP contribution in [0.1, 0.15) is 183 Å². The van der Waals surface area contributed by atoms with Crippen molar-refractivity contribution in [1.82, 2.24) is 20.0 Å². The minimum absolute atomic E-state index is 0. The topological polar surface area (TPSA) is 227 Å². The van der Waals surface area contributed by atoms with Gasteiger partial charge in [0.1, 0.15) is 17.9 Å². The Balaban J connectivity index is 0.000000216. The summed E-state index contributed by atoms with van der Waals surface area (Å²) < 4.78 is 6.49. The molecule has 1 aliphatic heterocycles. The van der Waals surface area contributed by atoms with Crippen LogP contribution >= 0.6 is 15.9 Å². The molecule has 0 radical (unpaired) electrons. The number of H-pyrrole nitrogens is 1. The van der Waals surface area contributed by atoms with E-state index in [1.54, 1.807) is 23.3 Å². The molecular formula is C59H87BrK2N6O8. The predicted octanol–water partition coefficient (Wildman–Crippen LogP) is 3.97. The molecule has 0 spiro atoms. The van der Waals surface area contributed by atoms with Gasteiger partial charge in [-0.2, -0.15) is 20.7 Å². The van der Waals surface area contributed by atoms with Crippen molar-refractivity contribution < 1.29 is 144 Å². The van der Waals surface area contributed by atoms with E-state index in [1.165, 1.54) is 70.4 Å². The van der Waals surface area contributed by atoms with Crippen LogP contribution in [-0.2, 0) is 30.6 Å². The summed E-state index contributed by atoms with van der Waals surface area (Å²) in [5.74, 6) is 9.39. The minimum atomic E-state index is -0.799. The summed E-state index contributed by atoms with van der Waals surface area (Å²) in [6.07, 6.45) is 28.2. The van der Waals surface area contributed by atoms with Crippen molar-refractivity contribution in [3.63, 3.8) is 0 Å². The standard InChI is InChI=1S/C27H39N3O2.C23H37BrO2.C5H8O4.C4H3N3.2K.H/c1-4-18-11-23(24(31)16-30-15-17(13-28)14-29-30)27(3)10-8-21-20-7-9-26(2,32)12-19(20)5-6-22(21)25(18)27;1-4-14-11-19(20(25)13-24)23(3)10-8-17-16-7-9-22(2,26)12-15(16)5-6-18(17)21(14)23;6-5(9-7)4-2-1-3-8-4;5-1-4-2-6-7-3-4;;;/h14-15,18-23,25,32H,4-12,16H2,1-3H3;14-19,21,26H,4-13H2,1-3H3;4,7H,1-3H2;2-3H,(H,6,7);;;/q;;;;2*+1;-1/p-1/t18-,19-,20+,21-,22-,23-,25+,26-,27-;14-,15-,16+,17-,18-,19-,21+,22-,23-;;;;;/m11...../s1. The van der Waals surface area contributed by atoms with E-state index in [2.05, 4.69) is 69.9 Å². The van der Waals surface area contributed by atoms with E-state index in [-0.39, 0.29) is 127 Å². The van der Waals surface area contributed by atoms with Gasteiger partial charge >= 0.3 is 109 Å². The molecule has 0 bridgehead atoms. The zero-order valence-electron chi connectivity index (χ0n) is 48.2. The molecule has 1 unspecified atom stereocenters. The minimum Gasteiger partial charge on any atom is -1.00 e. The third kappa shape index (κ3) is 14.1. The number of aromatic nitrogens is 4. The van der Waals surface area contributed by atoms with Crippen LogP contribution in [-0.4, -0.2) is 77.0 Å². The fourth-order valence-corrected chi connectivity index (χ4v) is 19.0. The van der Waals surface area contributed by atoms with Gasteiger partial charge in [0.2, 0.25) is 0 Å². The molecule has 14 nitrogen and oxygen atoms in total. The molecular weight excluding hydrogens is 1080 g/mol. The maximum Gasteiger partial charge on any atom is 1.00 e. The number of nitrogens with one attached hydrogen (secondary N) is 1. The normalized spacial score (nSPS) is 41.2. The molecule has 19 atom stereocenters. The second kappa shape index (κ2) is 27.9. The molecule has 8 aliphatic carbocycles. The second-order valence-corrected chi connectivity index (χ2v) is 26.4.